The topological polar surface area (TPSA) is 168 Å². The fourth-order valence-corrected chi connectivity index (χ4v) is 2.05. The van der Waals surface area contributed by atoms with E-state index < -0.39 is 35.9 Å². The van der Waals surface area contributed by atoms with E-state index in [0.717, 1.165) is 0 Å². The van der Waals surface area contributed by atoms with E-state index in [-0.39, 0.29) is 30.6 Å². The van der Waals surface area contributed by atoms with Crippen LogP contribution in [0.5, 0.6) is 0 Å². The number of carbonyl (C=O) groups excluding carboxylic acids is 2. The van der Waals surface area contributed by atoms with Crippen molar-refractivity contribution < 1.29 is 49.1 Å². The number of hydrogen-bond donors (Lipinski definition) is 4. The van der Waals surface area contributed by atoms with E-state index in [9.17, 15) is 24.3 Å². The molecular formula is C18H24O10. The molecule has 28 heavy (non-hydrogen) atoms. The number of carboxylic acids is 2. The second-order valence-corrected chi connectivity index (χ2v) is 5.53. The van der Waals surface area contributed by atoms with Gasteiger partial charge in [0.15, 0.2) is 0 Å². The van der Waals surface area contributed by atoms with Crippen molar-refractivity contribution in [3.05, 3.63) is 35.4 Å². The molecule has 0 bridgehead atoms. The fourth-order valence-electron chi connectivity index (χ4n) is 2.05. The van der Waals surface area contributed by atoms with Crippen molar-refractivity contribution >= 4 is 23.9 Å². The number of hydrogen-bond acceptors (Lipinski definition) is 8. The summed E-state index contributed by atoms with van der Waals surface area (Å²) in [5, 5.41) is 35.2. The van der Waals surface area contributed by atoms with Gasteiger partial charge in [-0.3, -0.25) is 9.59 Å². The number of aromatic carboxylic acids is 2. The summed E-state index contributed by atoms with van der Waals surface area (Å²) in [6, 6.07) is 5.02. The lowest BCUT2D eigenvalue weighted by molar-refractivity contribution is -0.156. The van der Waals surface area contributed by atoms with E-state index in [1.807, 2.05) is 0 Å². The highest BCUT2D eigenvalue weighted by atomic mass is 16.5. The molecule has 0 spiro atoms. The monoisotopic (exact) mass is 400 g/mol. The lowest BCUT2D eigenvalue weighted by Gasteiger charge is -2.19. The number of aliphatic hydroxyl groups is 2. The molecule has 1 aromatic rings. The maximum Gasteiger partial charge on any atom is 0.335 e. The molecule has 0 aliphatic rings. The molecule has 0 amide bonds. The number of methoxy groups -OCH3 is 2. The van der Waals surface area contributed by atoms with Crippen LogP contribution >= 0.6 is 0 Å². The van der Waals surface area contributed by atoms with Crippen molar-refractivity contribution in [1.29, 1.82) is 0 Å². The molecular weight excluding hydrogens is 376 g/mol. The fraction of sp³-hybridized carbons (Fsp3) is 0.444. The van der Waals surface area contributed by atoms with Gasteiger partial charge in [0, 0.05) is 6.61 Å². The summed E-state index contributed by atoms with van der Waals surface area (Å²) in [5.74, 6) is -4.31. The molecule has 1 rings (SSSR count). The molecule has 10 heteroatoms. The van der Waals surface area contributed by atoms with Crippen LogP contribution in [-0.2, 0) is 19.1 Å². The minimum atomic E-state index is -1.06. The Bertz CT molecular complexity index is 620. The zero-order valence-corrected chi connectivity index (χ0v) is 15.5. The van der Waals surface area contributed by atoms with Gasteiger partial charge in [-0.05, 0) is 37.1 Å². The number of benzene rings is 1. The summed E-state index contributed by atoms with van der Waals surface area (Å²) in [4.78, 5) is 43.0. The number of ether oxygens (including phenoxy) is 2. The Morgan fingerprint density at radius 2 is 1.39 bits per heavy atom. The van der Waals surface area contributed by atoms with E-state index in [2.05, 4.69) is 9.47 Å². The summed E-state index contributed by atoms with van der Waals surface area (Å²) >= 11 is 0. The first-order valence-corrected chi connectivity index (χ1v) is 8.18. The first-order chi connectivity index (χ1) is 13.2. The van der Waals surface area contributed by atoms with Gasteiger partial charge in [0.2, 0.25) is 0 Å². The minimum absolute atomic E-state index is 0.0802. The number of aliphatic hydroxyl groups excluding tert-OH is 2. The van der Waals surface area contributed by atoms with Crippen molar-refractivity contribution in [2.45, 2.75) is 25.4 Å². The minimum Gasteiger partial charge on any atom is -0.478 e. The molecule has 0 fully saturated rings. The average molecular weight is 400 g/mol. The van der Waals surface area contributed by atoms with E-state index in [1.54, 1.807) is 0 Å². The quantitative estimate of drug-likeness (QED) is 0.430. The van der Waals surface area contributed by atoms with Crippen molar-refractivity contribution in [2.24, 2.45) is 5.92 Å². The summed E-state index contributed by atoms with van der Waals surface area (Å²) in [6.07, 6.45) is -0.655. The second-order valence-electron chi connectivity index (χ2n) is 5.53. The van der Waals surface area contributed by atoms with Gasteiger partial charge in [0.05, 0.1) is 43.8 Å². The number of rotatable bonds is 9. The molecule has 1 aromatic carbocycles. The predicted octanol–water partition coefficient (Wildman–Crippen LogP) is 0.555. The smallest absolute Gasteiger partial charge is 0.335 e. The third-order valence-electron chi connectivity index (χ3n) is 3.62. The molecule has 0 radical (unpaired) electrons. The zero-order valence-electron chi connectivity index (χ0n) is 15.5. The van der Waals surface area contributed by atoms with Crippen LogP contribution in [0.1, 0.15) is 40.0 Å². The number of carboxylic acid groups (broad SMARTS) is 2. The Morgan fingerprint density at radius 1 is 0.929 bits per heavy atom. The van der Waals surface area contributed by atoms with Gasteiger partial charge in [-0.25, -0.2) is 9.59 Å². The van der Waals surface area contributed by atoms with Gasteiger partial charge < -0.3 is 29.9 Å². The molecule has 156 valence electrons. The molecule has 4 N–H and O–H groups in total. The number of esters is 2. The average Bonchev–Trinajstić information content (AvgIpc) is 2.69. The Hall–Kier alpha value is -2.98. The van der Waals surface area contributed by atoms with Crippen molar-refractivity contribution in [3.8, 4) is 0 Å². The lowest BCUT2D eigenvalue weighted by Crippen LogP contribution is -2.32. The summed E-state index contributed by atoms with van der Waals surface area (Å²) in [5.41, 5.74) is 0.167. The molecule has 10 nitrogen and oxygen atoms in total. The third-order valence-corrected chi connectivity index (χ3v) is 3.62. The second kappa shape index (κ2) is 13.2. The molecule has 2 unspecified atom stereocenters. The van der Waals surface area contributed by atoms with E-state index in [4.69, 9.17) is 15.3 Å². The molecule has 0 saturated carbocycles. The lowest BCUT2D eigenvalue weighted by atomic mass is 9.95. The molecule has 0 aromatic heterocycles. The predicted molar refractivity (Wildman–Crippen MR) is 94.8 cm³/mol. The Balaban J connectivity index is 0.000000540. The maximum atomic E-state index is 11.3. The van der Waals surface area contributed by atoms with Crippen LogP contribution in [-0.4, -0.2) is 71.2 Å². The van der Waals surface area contributed by atoms with Gasteiger partial charge in [0.1, 0.15) is 0 Å². The first-order valence-electron chi connectivity index (χ1n) is 8.18. The van der Waals surface area contributed by atoms with Gasteiger partial charge in [-0.15, -0.1) is 0 Å². The van der Waals surface area contributed by atoms with E-state index in [1.165, 1.54) is 38.5 Å². The Labute approximate surface area is 161 Å². The highest BCUT2D eigenvalue weighted by Gasteiger charge is 2.30. The summed E-state index contributed by atoms with van der Waals surface area (Å²) in [7, 11) is 2.39. The van der Waals surface area contributed by atoms with Crippen LogP contribution < -0.4 is 0 Å². The molecule has 0 heterocycles. The molecule has 0 aliphatic carbocycles. The van der Waals surface area contributed by atoms with Gasteiger partial charge in [-0.2, -0.15) is 0 Å². The normalized spacial score (nSPS) is 12.0. The molecule has 0 aliphatic heterocycles. The van der Waals surface area contributed by atoms with Crippen molar-refractivity contribution in [3.63, 3.8) is 0 Å². The summed E-state index contributed by atoms with van der Waals surface area (Å²) < 4.78 is 8.91. The first kappa shape index (κ1) is 25.0. The van der Waals surface area contributed by atoms with Crippen LogP contribution in [0.3, 0.4) is 0 Å². The Morgan fingerprint density at radius 3 is 1.71 bits per heavy atom. The third kappa shape index (κ3) is 9.10. The molecule has 0 saturated heterocycles. The zero-order chi connectivity index (χ0) is 21.7. The van der Waals surface area contributed by atoms with Crippen LogP contribution in [0.4, 0.5) is 0 Å². The van der Waals surface area contributed by atoms with Crippen molar-refractivity contribution in [2.75, 3.05) is 20.8 Å². The van der Waals surface area contributed by atoms with Crippen LogP contribution in [0, 0.1) is 5.92 Å². The van der Waals surface area contributed by atoms with Gasteiger partial charge in [0.25, 0.3) is 0 Å². The van der Waals surface area contributed by atoms with Crippen molar-refractivity contribution in [1.82, 2.24) is 0 Å². The largest absolute Gasteiger partial charge is 0.478 e. The summed E-state index contributed by atoms with van der Waals surface area (Å²) in [6.45, 7) is -0.0802. The standard InChI is InChI=1S/C10H18O6.C8H6O4/c1-15-9(13)6-7(10(14)16-2)8(12)4-3-5-11;9-7(10)5-1-2-6(4-3-5)8(11)12/h7-8,11-12H,3-6H2,1-2H3;1-4H,(H,9,10)(H,11,12). The molecule has 2 atom stereocenters. The number of carbonyl (C=O) groups is 4. The van der Waals surface area contributed by atoms with E-state index >= 15 is 0 Å². The van der Waals surface area contributed by atoms with Crippen LogP contribution in [0.2, 0.25) is 0 Å². The van der Waals surface area contributed by atoms with Crippen LogP contribution in [0.15, 0.2) is 24.3 Å². The van der Waals surface area contributed by atoms with Gasteiger partial charge in [-0.1, -0.05) is 0 Å². The van der Waals surface area contributed by atoms with Crippen LogP contribution in [0.25, 0.3) is 0 Å². The Kier molecular flexibility index (Phi) is 11.8. The SMILES string of the molecule is COC(=O)CC(C(=O)OC)C(O)CCCO.O=C(O)c1ccc(C(=O)O)cc1. The maximum absolute atomic E-state index is 11.3. The van der Waals surface area contributed by atoms with Gasteiger partial charge >= 0.3 is 23.9 Å². The highest BCUT2D eigenvalue weighted by molar-refractivity contribution is 5.91. The van der Waals surface area contributed by atoms with E-state index in [0.29, 0.717) is 6.42 Å². The highest BCUT2D eigenvalue weighted by Crippen LogP contribution is 2.16.